The van der Waals surface area contributed by atoms with E-state index in [1.165, 1.54) is 5.56 Å². The van der Waals surface area contributed by atoms with Crippen LogP contribution in [-0.2, 0) is 6.42 Å². The van der Waals surface area contributed by atoms with E-state index in [1.807, 2.05) is 12.1 Å². The predicted octanol–water partition coefficient (Wildman–Crippen LogP) is 2.76. The highest BCUT2D eigenvalue weighted by Gasteiger charge is 2.00. The summed E-state index contributed by atoms with van der Waals surface area (Å²) in [6.07, 6.45) is 3.43. The first-order valence-electron chi connectivity index (χ1n) is 5.72. The smallest absolute Gasteiger partial charge is 0.119 e. The molecule has 15 heavy (non-hydrogen) atoms. The van der Waals surface area contributed by atoms with Gasteiger partial charge in [0.1, 0.15) is 5.75 Å². The lowest BCUT2D eigenvalue weighted by molar-refractivity contribution is 0.217. The molecule has 0 fully saturated rings. The van der Waals surface area contributed by atoms with Gasteiger partial charge in [0.2, 0.25) is 0 Å². The summed E-state index contributed by atoms with van der Waals surface area (Å²) >= 11 is 0. The normalized spacial score (nSPS) is 12.5. The molecule has 0 unspecified atom stereocenters. The number of nitrogens with two attached hydrogens (primary N) is 1. The Bertz CT molecular complexity index is 268. The van der Waals surface area contributed by atoms with Crippen molar-refractivity contribution >= 4 is 0 Å². The van der Waals surface area contributed by atoms with Gasteiger partial charge in [-0.25, -0.2) is 0 Å². The van der Waals surface area contributed by atoms with E-state index in [0.29, 0.717) is 6.10 Å². The molecule has 2 heteroatoms. The first-order chi connectivity index (χ1) is 7.26. The van der Waals surface area contributed by atoms with E-state index >= 15 is 0 Å². The van der Waals surface area contributed by atoms with E-state index < -0.39 is 0 Å². The molecule has 84 valence electrons. The molecule has 0 spiro atoms. The van der Waals surface area contributed by atoms with Gasteiger partial charge in [-0.2, -0.15) is 0 Å². The molecule has 1 rings (SSSR count). The molecule has 2 N–H and O–H groups in total. The van der Waals surface area contributed by atoms with Crippen molar-refractivity contribution in [2.45, 2.75) is 39.2 Å². The Labute approximate surface area is 92.4 Å². The van der Waals surface area contributed by atoms with Crippen molar-refractivity contribution in [3.63, 3.8) is 0 Å². The molecule has 0 radical (unpaired) electrons. The van der Waals surface area contributed by atoms with E-state index in [4.69, 9.17) is 10.5 Å². The third-order valence-corrected chi connectivity index (χ3v) is 2.51. The summed E-state index contributed by atoms with van der Waals surface area (Å²) in [4.78, 5) is 0. The number of aryl methyl sites for hydroxylation is 1. The summed E-state index contributed by atoms with van der Waals surface area (Å²) in [5.74, 6) is 0.959. The first kappa shape index (κ1) is 12.1. The largest absolute Gasteiger partial charge is 0.491 e. The Morgan fingerprint density at radius 1 is 1.27 bits per heavy atom. The molecule has 1 atom stereocenters. The topological polar surface area (TPSA) is 35.2 Å². The minimum atomic E-state index is 0.292. The molecule has 0 bridgehead atoms. The predicted molar refractivity (Wildman–Crippen MR) is 64.2 cm³/mol. The van der Waals surface area contributed by atoms with Gasteiger partial charge in [-0.1, -0.05) is 19.1 Å². The standard InChI is InChI=1S/C13H21NO/c1-3-11(2)15-13-8-6-12(7-9-13)5-4-10-14/h6-9,11H,3-5,10,14H2,1-2H3/t11-/m0/s1. The minimum absolute atomic E-state index is 0.292. The van der Waals surface area contributed by atoms with Crippen LogP contribution in [0.15, 0.2) is 24.3 Å². The molecule has 0 aliphatic heterocycles. The lowest BCUT2D eigenvalue weighted by Gasteiger charge is -2.12. The number of ether oxygens (including phenoxy) is 1. The van der Waals surface area contributed by atoms with Crippen LogP contribution in [0.5, 0.6) is 5.75 Å². The Hall–Kier alpha value is -1.02. The average molecular weight is 207 g/mol. The Morgan fingerprint density at radius 2 is 1.93 bits per heavy atom. The maximum Gasteiger partial charge on any atom is 0.119 e. The zero-order valence-corrected chi connectivity index (χ0v) is 9.70. The number of benzene rings is 1. The molecule has 0 aromatic heterocycles. The first-order valence-corrected chi connectivity index (χ1v) is 5.72. The van der Waals surface area contributed by atoms with E-state index in [0.717, 1.165) is 31.6 Å². The average Bonchev–Trinajstić information content (AvgIpc) is 2.28. The lowest BCUT2D eigenvalue weighted by atomic mass is 10.1. The van der Waals surface area contributed by atoms with Crippen molar-refractivity contribution < 1.29 is 4.74 Å². The lowest BCUT2D eigenvalue weighted by Crippen LogP contribution is -2.09. The highest BCUT2D eigenvalue weighted by Crippen LogP contribution is 2.15. The number of rotatable bonds is 6. The summed E-state index contributed by atoms with van der Waals surface area (Å²) in [7, 11) is 0. The maximum atomic E-state index is 5.70. The van der Waals surface area contributed by atoms with E-state index in [-0.39, 0.29) is 0 Å². The maximum absolute atomic E-state index is 5.70. The second-order valence-electron chi connectivity index (χ2n) is 3.87. The molecule has 0 heterocycles. The van der Waals surface area contributed by atoms with Gasteiger partial charge in [-0.15, -0.1) is 0 Å². The van der Waals surface area contributed by atoms with Crippen LogP contribution in [-0.4, -0.2) is 12.6 Å². The molecule has 1 aromatic carbocycles. The molecule has 0 aliphatic carbocycles. The highest BCUT2D eigenvalue weighted by atomic mass is 16.5. The summed E-state index contributed by atoms with van der Waals surface area (Å²) in [6, 6.07) is 8.32. The number of hydrogen-bond donors (Lipinski definition) is 1. The van der Waals surface area contributed by atoms with Crippen LogP contribution < -0.4 is 10.5 Å². The Balaban J connectivity index is 2.48. The van der Waals surface area contributed by atoms with Crippen molar-refractivity contribution in [3.05, 3.63) is 29.8 Å². The van der Waals surface area contributed by atoms with Gasteiger partial charge in [-0.3, -0.25) is 0 Å². The van der Waals surface area contributed by atoms with E-state index in [1.54, 1.807) is 0 Å². The van der Waals surface area contributed by atoms with Gasteiger partial charge in [0.25, 0.3) is 0 Å². The monoisotopic (exact) mass is 207 g/mol. The van der Waals surface area contributed by atoms with Gasteiger partial charge in [-0.05, 0) is 50.4 Å². The third-order valence-electron chi connectivity index (χ3n) is 2.51. The van der Waals surface area contributed by atoms with Gasteiger partial charge >= 0.3 is 0 Å². The second kappa shape index (κ2) is 6.46. The molecule has 0 amide bonds. The molecule has 0 saturated carbocycles. The molecular weight excluding hydrogens is 186 g/mol. The van der Waals surface area contributed by atoms with Gasteiger partial charge in [0.15, 0.2) is 0 Å². The quantitative estimate of drug-likeness (QED) is 0.778. The molecule has 2 nitrogen and oxygen atoms in total. The van der Waals surface area contributed by atoms with Crippen LogP contribution >= 0.6 is 0 Å². The summed E-state index contributed by atoms with van der Waals surface area (Å²) in [5, 5.41) is 0. The third kappa shape index (κ3) is 4.34. The second-order valence-corrected chi connectivity index (χ2v) is 3.87. The molecular formula is C13H21NO. The molecule has 0 saturated heterocycles. The SMILES string of the molecule is CC[C@H](C)Oc1ccc(CCCN)cc1. The summed E-state index contributed by atoms with van der Waals surface area (Å²) in [5.41, 5.74) is 6.80. The van der Waals surface area contributed by atoms with E-state index in [9.17, 15) is 0 Å². The Kier molecular flexibility index (Phi) is 5.19. The van der Waals surface area contributed by atoms with Crippen molar-refractivity contribution in [2.24, 2.45) is 5.73 Å². The molecule has 0 aliphatic rings. The fraction of sp³-hybridized carbons (Fsp3) is 0.538. The fourth-order valence-electron chi connectivity index (χ4n) is 1.36. The van der Waals surface area contributed by atoms with Gasteiger partial charge < -0.3 is 10.5 Å². The van der Waals surface area contributed by atoms with Crippen LogP contribution in [0, 0.1) is 0 Å². The van der Waals surface area contributed by atoms with Crippen molar-refractivity contribution in [1.29, 1.82) is 0 Å². The molecule has 1 aromatic rings. The fourth-order valence-corrected chi connectivity index (χ4v) is 1.36. The van der Waals surface area contributed by atoms with Crippen LogP contribution in [0.2, 0.25) is 0 Å². The minimum Gasteiger partial charge on any atom is -0.491 e. The Morgan fingerprint density at radius 3 is 2.47 bits per heavy atom. The number of hydrogen-bond acceptors (Lipinski definition) is 2. The van der Waals surface area contributed by atoms with Gasteiger partial charge in [0, 0.05) is 0 Å². The summed E-state index contributed by atoms with van der Waals surface area (Å²) in [6.45, 7) is 4.97. The van der Waals surface area contributed by atoms with Crippen LogP contribution in [0.1, 0.15) is 32.3 Å². The van der Waals surface area contributed by atoms with E-state index in [2.05, 4.69) is 26.0 Å². The highest BCUT2D eigenvalue weighted by molar-refractivity contribution is 5.27. The van der Waals surface area contributed by atoms with Crippen LogP contribution in [0.4, 0.5) is 0 Å². The van der Waals surface area contributed by atoms with Gasteiger partial charge in [0.05, 0.1) is 6.10 Å². The zero-order valence-electron chi connectivity index (χ0n) is 9.70. The van der Waals surface area contributed by atoms with Crippen LogP contribution in [0.25, 0.3) is 0 Å². The van der Waals surface area contributed by atoms with Crippen molar-refractivity contribution in [3.8, 4) is 5.75 Å². The van der Waals surface area contributed by atoms with Crippen LogP contribution in [0.3, 0.4) is 0 Å². The van der Waals surface area contributed by atoms with Crippen molar-refractivity contribution in [2.75, 3.05) is 6.54 Å². The summed E-state index contributed by atoms with van der Waals surface area (Å²) < 4.78 is 5.70. The van der Waals surface area contributed by atoms with Crippen molar-refractivity contribution in [1.82, 2.24) is 0 Å². The zero-order chi connectivity index (χ0) is 11.1.